The second-order valence-electron chi connectivity index (χ2n) is 4.91. The smallest absolute Gasteiger partial charge is 0.396 e. The maximum absolute atomic E-state index is 12.6. The predicted molar refractivity (Wildman–Crippen MR) is 78.8 cm³/mol. The van der Waals surface area contributed by atoms with Crippen molar-refractivity contribution in [3.05, 3.63) is 59.4 Å². The van der Waals surface area contributed by atoms with Gasteiger partial charge in [-0.25, -0.2) is 4.98 Å². The summed E-state index contributed by atoms with van der Waals surface area (Å²) in [4.78, 5) is 15.3. The Hall–Kier alpha value is -2.41. The summed E-state index contributed by atoms with van der Waals surface area (Å²) in [5.74, 6) is -0.452. The molecule has 122 valence electrons. The number of aliphatic hydroxyl groups excluding tert-OH is 1. The van der Waals surface area contributed by atoms with Crippen molar-refractivity contribution in [2.24, 2.45) is 0 Å². The third kappa shape index (κ3) is 5.07. The van der Waals surface area contributed by atoms with Crippen LogP contribution >= 0.6 is 0 Å². The van der Waals surface area contributed by atoms with Crippen LogP contribution in [0.1, 0.15) is 17.0 Å². The van der Waals surface area contributed by atoms with E-state index in [0.717, 1.165) is 11.6 Å². The first-order valence-corrected chi connectivity index (χ1v) is 6.91. The number of amides is 1. The van der Waals surface area contributed by atoms with Gasteiger partial charge in [0.2, 0.25) is 5.91 Å². The Labute approximate surface area is 131 Å². The Kier molecular flexibility index (Phi) is 5.33. The molecule has 0 atom stereocenters. The number of hydrogen-bond acceptors (Lipinski definition) is 3. The summed E-state index contributed by atoms with van der Waals surface area (Å²) in [5, 5.41) is 11.4. The highest BCUT2D eigenvalue weighted by molar-refractivity contribution is 5.92. The van der Waals surface area contributed by atoms with E-state index in [-0.39, 0.29) is 18.7 Å². The number of pyridine rings is 1. The highest BCUT2D eigenvalue weighted by Gasteiger charge is 2.32. The first-order chi connectivity index (χ1) is 10.9. The highest BCUT2D eigenvalue weighted by atomic mass is 19.4. The van der Waals surface area contributed by atoms with Crippen LogP contribution in [0.25, 0.3) is 0 Å². The van der Waals surface area contributed by atoms with Crippen LogP contribution in [-0.2, 0) is 23.8 Å². The van der Waals surface area contributed by atoms with Crippen molar-refractivity contribution in [3.8, 4) is 0 Å². The molecule has 0 unspecified atom stereocenters. The number of anilines is 1. The van der Waals surface area contributed by atoms with Crippen molar-refractivity contribution in [3.63, 3.8) is 0 Å². The van der Waals surface area contributed by atoms with E-state index in [1.165, 1.54) is 12.1 Å². The number of nitrogens with one attached hydrogen (secondary N) is 1. The minimum Gasteiger partial charge on any atom is -0.396 e. The van der Waals surface area contributed by atoms with E-state index >= 15 is 0 Å². The lowest BCUT2D eigenvalue weighted by molar-refractivity contribution is -0.141. The molecular weight excluding hydrogens is 309 g/mol. The summed E-state index contributed by atoms with van der Waals surface area (Å²) in [5.41, 5.74) is 0.485. The normalized spacial score (nSPS) is 11.3. The first-order valence-electron chi connectivity index (χ1n) is 6.91. The molecule has 2 rings (SSSR count). The molecule has 1 aromatic heterocycles. The fourth-order valence-electron chi connectivity index (χ4n) is 1.99. The molecule has 0 fully saturated rings. The summed E-state index contributed by atoms with van der Waals surface area (Å²) in [6.07, 6.45) is -4.26. The monoisotopic (exact) mass is 324 g/mol. The Morgan fingerprint density at radius 1 is 1.13 bits per heavy atom. The van der Waals surface area contributed by atoms with Crippen LogP contribution in [0.2, 0.25) is 0 Å². The number of benzene rings is 1. The van der Waals surface area contributed by atoms with Gasteiger partial charge in [-0.1, -0.05) is 18.2 Å². The molecule has 4 nitrogen and oxygen atoms in total. The summed E-state index contributed by atoms with van der Waals surface area (Å²) in [6.45, 7) is 0.0346. The molecule has 0 bridgehead atoms. The van der Waals surface area contributed by atoms with Crippen LogP contribution in [-0.4, -0.2) is 22.6 Å². The fourth-order valence-corrected chi connectivity index (χ4v) is 1.99. The largest absolute Gasteiger partial charge is 0.433 e. The van der Waals surface area contributed by atoms with Crippen LogP contribution in [0.3, 0.4) is 0 Å². The van der Waals surface area contributed by atoms with Crippen LogP contribution in [0.4, 0.5) is 18.9 Å². The molecule has 0 saturated carbocycles. The minimum atomic E-state index is -4.53. The van der Waals surface area contributed by atoms with E-state index in [2.05, 4.69) is 10.3 Å². The highest BCUT2D eigenvalue weighted by Crippen LogP contribution is 2.27. The topological polar surface area (TPSA) is 62.2 Å². The molecule has 1 amide bonds. The molecule has 0 radical (unpaired) electrons. The van der Waals surface area contributed by atoms with Crippen LogP contribution in [0, 0.1) is 0 Å². The Bertz CT molecular complexity index is 670. The summed E-state index contributed by atoms with van der Waals surface area (Å²) >= 11 is 0. The SMILES string of the molecule is O=C(Cc1cccc(C(F)(F)F)n1)Nc1ccc(CCO)cc1. The number of alkyl halides is 3. The molecule has 0 aliphatic rings. The first kappa shape index (κ1) is 17.0. The molecule has 0 saturated heterocycles. The van der Waals surface area contributed by atoms with Crippen LogP contribution in [0.15, 0.2) is 42.5 Å². The van der Waals surface area contributed by atoms with Gasteiger partial charge < -0.3 is 10.4 Å². The van der Waals surface area contributed by atoms with Gasteiger partial charge in [0.1, 0.15) is 5.69 Å². The van der Waals surface area contributed by atoms with E-state index < -0.39 is 17.8 Å². The second-order valence-corrected chi connectivity index (χ2v) is 4.91. The Morgan fingerprint density at radius 2 is 1.83 bits per heavy atom. The van der Waals surface area contributed by atoms with Crippen LogP contribution < -0.4 is 5.32 Å². The third-order valence-corrected chi connectivity index (χ3v) is 3.08. The van der Waals surface area contributed by atoms with Gasteiger partial charge in [-0.2, -0.15) is 13.2 Å². The number of hydrogen-bond donors (Lipinski definition) is 2. The molecule has 23 heavy (non-hydrogen) atoms. The number of halogens is 3. The number of aliphatic hydroxyl groups is 1. The number of nitrogens with zero attached hydrogens (tertiary/aromatic N) is 1. The predicted octanol–water partition coefficient (Wildman–Crippen LogP) is 2.82. The number of carbonyl (C=O) groups is 1. The van der Waals surface area contributed by atoms with Crippen molar-refractivity contribution >= 4 is 11.6 Å². The maximum Gasteiger partial charge on any atom is 0.433 e. The summed E-state index contributed by atoms with van der Waals surface area (Å²) in [6, 6.07) is 10.3. The number of carbonyl (C=O) groups excluding carboxylic acids is 1. The molecular formula is C16H15F3N2O2. The van der Waals surface area contributed by atoms with Gasteiger partial charge in [0.15, 0.2) is 0 Å². The third-order valence-electron chi connectivity index (χ3n) is 3.08. The van der Waals surface area contributed by atoms with Gasteiger partial charge >= 0.3 is 6.18 Å². The number of rotatable bonds is 5. The van der Waals surface area contributed by atoms with Gasteiger partial charge in [0, 0.05) is 12.3 Å². The van der Waals surface area contributed by atoms with Crippen molar-refractivity contribution < 1.29 is 23.1 Å². The van der Waals surface area contributed by atoms with E-state index in [1.807, 2.05) is 0 Å². The zero-order valence-electron chi connectivity index (χ0n) is 12.1. The number of aromatic nitrogens is 1. The summed E-state index contributed by atoms with van der Waals surface area (Å²) < 4.78 is 37.7. The Morgan fingerprint density at radius 3 is 2.43 bits per heavy atom. The zero-order valence-corrected chi connectivity index (χ0v) is 12.1. The average Bonchev–Trinajstić information content (AvgIpc) is 2.49. The lowest BCUT2D eigenvalue weighted by Crippen LogP contribution is -2.16. The van der Waals surface area contributed by atoms with Crippen molar-refractivity contribution in [2.45, 2.75) is 19.0 Å². The van der Waals surface area contributed by atoms with E-state index in [0.29, 0.717) is 12.1 Å². The molecule has 0 aliphatic carbocycles. The molecule has 1 heterocycles. The minimum absolute atomic E-state index is 0.0346. The lowest BCUT2D eigenvalue weighted by Gasteiger charge is -2.08. The van der Waals surface area contributed by atoms with E-state index in [9.17, 15) is 18.0 Å². The standard InChI is InChI=1S/C16H15F3N2O2/c17-16(18,19)14-3-1-2-13(20-14)10-15(23)21-12-6-4-11(5-7-12)8-9-22/h1-7,22H,8-10H2,(H,21,23). The van der Waals surface area contributed by atoms with Gasteiger partial charge in [-0.3, -0.25) is 4.79 Å². The molecule has 7 heteroatoms. The molecule has 2 N–H and O–H groups in total. The fraction of sp³-hybridized carbons (Fsp3) is 0.250. The lowest BCUT2D eigenvalue weighted by atomic mass is 10.1. The zero-order chi connectivity index (χ0) is 16.9. The molecule has 2 aromatic rings. The van der Waals surface area contributed by atoms with Crippen molar-refractivity contribution in [2.75, 3.05) is 11.9 Å². The van der Waals surface area contributed by atoms with Crippen LogP contribution in [0.5, 0.6) is 0 Å². The second kappa shape index (κ2) is 7.23. The molecule has 0 aliphatic heterocycles. The maximum atomic E-state index is 12.6. The van der Waals surface area contributed by atoms with Crippen molar-refractivity contribution in [1.82, 2.24) is 4.98 Å². The molecule has 1 aromatic carbocycles. The molecule has 0 spiro atoms. The average molecular weight is 324 g/mol. The van der Waals surface area contributed by atoms with E-state index in [1.54, 1.807) is 24.3 Å². The quantitative estimate of drug-likeness (QED) is 0.889. The van der Waals surface area contributed by atoms with Gasteiger partial charge in [0.25, 0.3) is 0 Å². The Balaban J connectivity index is 1.99. The van der Waals surface area contributed by atoms with Gasteiger partial charge in [-0.05, 0) is 36.2 Å². The van der Waals surface area contributed by atoms with Crippen molar-refractivity contribution in [1.29, 1.82) is 0 Å². The summed E-state index contributed by atoms with van der Waals surface area (Å²) in [7, 11) is 0. The van der Waals surface area contributed by atoms with E-state index in [4.69, 9.17) is 5.11 Å². The van der Waals surface area contributed by atoms with Gasteiger partial charge in [0.05, 0.1) is 12.1 Å². The van der Waals surface area contributed by atoms with Gasteiger partial charge in [-0.15, -0.1) is 0 Å².